The summed E-state index contributed by atoms with van der Waals surface area (Å²) in [7, 11) is 0. The van der Waals surface area contributed by atoms with Crippen molar-refractivity contribution in [2.75, 3.05) is 13.1 Å². The van der Waals surface area contributed by atoms with Gasteiger partial charge in [-0.05, 0) is 18.2 Å². The average molecular weight is 319 g/mol. The van der Waals surface area contributed by atoms with E-state index in [1.165, 1.54) is 12.1 Å². The Balaban J connectivity index is 1.83. The standard InChI is InChI=1S/C18H13N3O3/c19-10-12-11-20(16-4-2-1-3-14(12)16)13-5-6-15(17(22)9-13)18(23)21(24)7-8-21/h1-6,9,11,22H,7-8H2. The van der Waals surface area contributed by atoms with Crippen LogP contribution in [-0.4, -0.2) is 33.3 Å². The molecule has 0 saturated carbocycles. The highest BCUT2D eigenvalue weighted by Gasteiger charge is 2.42. The molecule has 2 aromatic carbocycles. The maximum absolute atomic E-state index is 12.1. The third-order valence-electron chi connectivity index (χ3n) is 4.32. The molecule has 4 rings (SSSR count). The lowest BCUT2D eigenvalue weighted by molar-refractivity contribution is -0.650. The smallest absolute Gasteiger partial charge is 0.349 e. The fourth-order valence-electron chi connectivity index (χ4n) is 2.85. The first kappa shape index (κ1) is 14.5. The number of quaternary nitrogens is 1. The molecule has 1 aromatic heterocycles. The predicted molar refractivity (Wildman–Crippen MR) is 87.3 cm³/mol. The second-order valence-electron chi connectivity index (χ2n) is 5.88. The van der Waals surface area contributed by atoms with Crippen molar-refractivity contribution in [2.45, 2.75) is 0 Å². The summed E-state index contributed by atoms with van der Waals surface area (Å²) in [5.74, 6) is -0.844. The van der Waals surface area contributed by atoms with Crippen LogP contribution in [0.2, 0.25) is 0 Å². The van der Waals surface area contributed by atoms with Gasteiger partial charge in [-0.15, -0.1) is 0 Å². The van der Waals surface area contributed by atoms with Crippen molar-refractivity contribution in [2.24, 2.45) is 0 Å². The summed E-state index contributed by atoms with van der Waals surface area (Å²) >= 11 is 0. The van der Waals surface area contributed by atoms with Gasteiger partial charge < -0.3 is 14.9 Å². The first-order valence-electron chi connectivity index (χ1n) is 7.50. The molecule has 1 N–H and O–H groups in total. The van der Waals surface area contributed by atoms with Gasteiger partial charge in [0.05, 0.1) is 11.1 Å². The van der Waals surface area contributed by atoms with E-state index in [0.29, 0.717) is 11.3 Å². The number of nitrogens with zero attached hydrogens (tertiary/aromatic N) is 3. The molecule has 118 valence electrons. The second-order valence-corrected chi connectivity index (χ2v) is 5.88. The number of fused-ring (bicyclic) bond motifs is 1. The zero-order valence-electron chi connectivity index (χ0n) is 12.6. The number of carbonyl (C=O) groups excluding carboxylic acids is 1. The zero-order chi connectivity index (χ0) is 16.9. The van der Waals surface area contributed by atoms with Gasteiger partial charge in [-0.2, -0.15) is 5.26 Å². The summed E-state index contributed by atoms with van der Waals surface area (Å²) in [5.41, 5.74) is 2.00. The number of hydrogen-bond acceptors (Lipinski definition) is 4. The molecule has 3 aromatic rings. The van der Waals surface area contributed by atoms with Crippen molar-refractivity contribution in [3.63, 3.8) is 0 Å². The lowest BCUT2D eigenvalue weighted by Gasteiger charge is -2.18. The molecule has 0 unspecified atom stereocenters. The van der Waals surface area contributed by atoms with Crippen LogP contribution in [-0.2, 0) is 0 Å². The summed E-state index contributed by atoms with van der Waals surface area (Å²) in [5, 5.41) is 32.2. The SMILES string of the molecule is N#Cc1cn(-c2ccc(C(=O)[N+]3([O-])CC3)c(O)c2)c2ccccc12. The molecule has 6 nitrogen and oxygen atoms in total. The minimum atomic E-state index is -0.905. The van der Waals surface area contributed by atoms with Crippen molar-refractivity contribution < 1.29 is 14.5 Å². The van der Waals surface area contributed by atoms with Crippen molar-refractivity contribution in [1.29, 1.82) is 5.26 Å². The van der Waals surface area contributed by atoms with Gasteiger partial charge in [0.15, 0.2) is 0 Å². The van der Waals surface area contributed by atoms with Crippen LogP contribution in [0.1, 0.15) is 15.9 Å². The largest absolute Gasteiger partial charge is 0.625 e. The average Bonchev–Trinajstić information content (AvgIpc) is 3.23. The lowest BCUT2D eigenvalue weighted by Crippen LogP contribution is -2.26. The Morgan fingerprint density at radius 3 is 2.67 bits per heavy atom. The second kappa shape index (κ2) is 4.93. The van der Waals surface area contributed by atoms with Crippen LogP contribution in [0.5, 0.6) is 5.75 Å². The Morgan fingerprint density at radius 2 is 2.00 bits per heavy atom. The number of rotatable bonds is 2. The normalized spacial score (nSPS) is 15.2. The summed E-state index contributed by atoms with van der Waals surface area (Å²) in [6, 6.07) is 14.2. The van der Waals surface area contributed by atoms with E-state index < -0.39 is 10.6 Å². The van der Waals surface area contributed by atoms with E-state index in [1.54, 1.807) is 16.8 Å². The Labute approximate surface area is 137 Å². The topological polar surface area (TPSA) is 89.1 Å². The van der Waals surface area contributed by atoms with Crippen molar-refractivity contribution in [3.05, 3.63) is 65.0 Å². The molecule has 24 heavy (non-hydrogen) atoms. The number of benzene rings is 2. The molecule has 1 amide bonds. The number of carbonyl (C=O) groups is 1. The number of phenols is 1. The molecule has 1 aliphatic heterocycles. The maximum Gasteiger partial charge on any atom is 0.349 e. The Kier molecular flexibility index (Phi) is 2.97. The minimum Gasteiger partial charge on any atom is -0.625 e. The molecule has 0 aliphatic carbocycles. The number of para-hydroxylation sites is 1. The lowest BCUT2D eigenvalue weighted by atomic mass is 10.1. The van der Waals surface area contributed by atoms with Gasteiger partial charge in [-0.1, -0.05) is 18.2 Å². The zero-order valence-corrected chi connectivity index (χ0v) is 12.6. The van der Waals surface area contributed by atoms with E-state index in [9.17, 15) is 20.4 Å². The van der Waals surface area contributed by atoms with Crippen LogP contribution in [0.3, 0.4) is 0 Å². The molecule has 6 heteroatoms. The molecule has 2 heterocycles. The van der Waals surface area contributed by atoms with E-state index in [2.05, 4.69) is 6.07 Å². The first-order valence-corrected chi connectivity index (χ1v) is 7.50. The fourth-order valence-corrected chi connectivity index (χ4v) is 2.85. The maximum atomic E-state index is 12.1. The van der Waals surface area contributed by atoms with Gasteiger partial charge in [0.25, 0.3) is 0 Å². The summed E-state index contributed by atoms with van der Waals surface area (Å²) in [4.78, 5) is 12.1. The van der Waals surface area contributed by atoms with Gasteiger partial charge in [-0.25, -0.2) is 4.79 Å². The van der Waals surface area contributed by atoms with Gasteiger partial charge >= 0.3 is 5.91 Å². The fraction of sp³-hybridized carbons (Fsp3) is 0.111. The third kappa shape index (κ3) is 2.07. The Bertz CT molecular complexity index is 1030. The number of phenolic OH excluding ortho intramolecular Hbond substituents is 1. The molecule has 0 radical (unpaired) electrons. The Hall–Kier alpha value is -3.14. The summed E-state index contributed by atoms with van der Waals surface area (Å²) in [6.07, 6.45) is 1.69. The van der Waals surface area contributed by atoms with Crippen molar-refractivity contribution in [1.82, 2.24) is 4.57 Å². The molecule has 0 bridgehead atoms. The Morgan fingerprint density at radius 1 is 1.25 bits per heavy atom. The van der Waals surface area contributed by atoms with E-state index >= 15 is 0 Å². The number of aromatic hydroxyl groups is 1. The van der Waals surface area contributed by atoms with E-state index in [-0.39, 0.29) is 24.4 Å². The van der Waals surface area contributed by atoms with Crippen LogP contribution in [0.15, 0.2) is 48.7 Å². The van der Waals surface area contributed by atoms with Crippen LogP contribution < -0.4 is 0 Å². The highest BCUT2D eigenvalue weighted by molar-refractivity contribution is 5.93. The summed E-state index contributed by atoms with van der Waals surface area (Å²) < 4.78 is 0.874. The number of hydrogen-bond donors (Lipinski definition) is 1. The van der Waals surface area contributed by atoms with Gasteiger partial charge in [0.2, 0.25) is 0 Å². The highest BCUT2D eigenvalue weighted by atomic mass is 16.6. The minimum absolute atomic E-state index is 0.0308. The number of hydroxylamine groups is 3. The monoisotopic (exact) mass is 319 g/mol. The number of nitriles is 1. The van der Waals surface area contributed by atoms with Crippen LogP contribution in [0.4, 0.5) is 0 Å². The van der Waals surface area contributed by atoms with E-state index in [1.807, 2.05) is 24.3 Å². The van der Waals surface area contributed by atoms with E-state index in [4.69, 9.17) is 0 Å². The van der Waals surface area contributed by atoms with Gasteiger partial charge in [0.1, 0.15) is 30.5 Å². The third-order valence-corrected chi connectivity index (χ3v) is 4.32. The molecular formula is C18H13N3O3. The molecule has 1 fully saturated rings. The molecule has 1 saturated heterocycles. The molecular weight excluding hydrogens is 306 g/mol. The van der Waals surface area contributed by atoms with Crippen LogP contribution in [0.25, 0.3) is 16.6 Å². The van der Waals surface area contributed by atoms with Crippen molar-refractivity contribution >= 4 is 16.8 Å². The molecule has 0 atom stereocenters. The highest BCUT2D eigenvalue weighted by Crippen LogP contribution is 2.31. The number of amides is 1. The van der Waals surface area contributed by atoms with Crippen LogP contribution in [0, 0.1) is 16.5 Å². The van der Waals surface area contributed by atoms with Crippen LogP contribution >= 0.6 is 0 Å². The predicted octanol–water partition coefficient (Wildman–Crippen LogP) is 2.68. The van der Waals surface area contributed by atoms with Gasteiger partial charge in [0, 0.05) is 23.3 Å². The quantitative estimate of drug-likeness (QED) is 0.447. The van der Waals surface area contributed by atoms with Gasteiger partial charge in [-0.3, -0.25) is 4.65 Å². The van der Waals surface area contributed by atoms with Crippen molar-refractivity contribution in [3.8, 4) is 17.5 Å². The van der Waals surface area contributed by atoms with E-state index in [0.717, 1.165) is 10.9 Å². The molecule has 0 spiro atoms. The first-order chi connectivity index (χ1) is 11.5. The summed E-state index contributed by atoms with van der Waals surface area (Å²) in [6.45, 7) is 0.515. The molecule has 1 aliphatic rings. The number of aromatic nitrogens is 1.